The third kappa shape index (κ3) is 4.16. The molecule has 1 saturated carbocycles. The normalized spacial score (nSPS) is 14.6. The van der Waals surface area contributed by atoms with E-state index in [1.165, 1.54) is 37.7 Å². The second-order valence-electron chi connectivity index (χ2n) is 7.90. The van der Waals surface area contributed by atoms with Gasteiger partial charge in [0.25, 0.3) is 0 Å². The van der Waals surface area contributed by atoms with Gasteiger partial charge in [-0.05, 0) is 34.7 Å². The van der Waals surface area contributed by atoms with E-state index in [9.17, 15) is 0 Å². The molecule has 156 valence electrons. The van der Waals surface area contributed by atoms with Crippen molar-refractivity contribution in [3.63, 3.8) is 0 Å². The number of thiocarbonyl (C=S) groups is 1. The molecule has 1 aliphatic carbocycles. The molecule has 0 unspecified atom stereocenters. The fourth-order valence-corrected chi connectivity index (χ4v) is 4.45. The summed E-state index contributed by atoms with van der Waals surface area (Å²) < 4.78 is 2.12. The number of benzene rings is 2. The third-order valence-electron chi connectivity index (χ3n) is 5.88. The Labute approximate surface area is 185 Å². The lowest BCUT2D eigenvalue weighted by Gasteiger charge is -2.23. The molecule has 2 aromatic carbocycles. The van der Waals surface area contributed by atoms with Gasteiger partial charge in [-0.15, -0.1) is 10.2 Å². The molecule has 0 bridgehead atoms. The number of hydrogen-bond acceptors (Lipinski definition) is 6. The number of nitrogens with zero attached hydrogens (tertiary/aromatic N) is 6. The zero-order valence-electron chi connectivity index (χ0n) is 17.1. The van der Waals surface area contributed by atoms with Crippen molar-refractivity contribution in [2.45, 2.75) is 44.6 Å². The molecule has 1 N–H and O–H groups in total. The largest absolute Gasteiger partial charge is 0.246 e. The summed E-state index contributed by atoms with van der Waals surface area (Å²) in [6.45, 7) is 0. The molecule has 0 atom stereocenters. The molecule has 8 heteroatoms. The summed E-state index contributed by atoms with van der Waals surface area (Å²) >= 11 is 5.09. The van der Waals surface area contributed by atoms with Gasteiger partial charge in [0, 0.05) is 17.4 Å². The van der Waals surface area contributed by atoms with Crippen LogP contribution in [-0.2, 0) is 6.42 Å². The van der Waals surface area contributed by atoms with Crippen LogP contribution in [0.25, 0.3) is 22.5 Å². The zero-order valence-corrected chi connectivity index (χ0v) is 17.9. The van der Waals surface area contributed by atoms with Crippen LogP contribution in [0.5, 0.6) is 0 Å². The number of aromatic nitrogens is 7. The van der Waals surface area contributed by atoms with Crippen molar-refractivity contribution < 1.29 is 0 Å². The molecule has 0 saturated heterocycles. The van der Waals surface area contributed by atoms with Crippen molar-refractivity contribution in [1.82, 2.24) is 35.4 Å². The molecule has 4 aromatic rings. The molecule has 31 heavy (non-hydrogen) atoms. The van der Waals surface area contributed by atoms with E-state index in [1.807, 2.05) is 18.2 Å². The monoisotopic (exact) mass is 429 g/mol. The lowest BCUT2D eigenvalue weighted by molar-refractivity contribution is 0.322. The molecular formula is C23H23N7S. The Morgan fingerprint density at radius 1 is 1.00 bits per heavy atom. The molecular weight excluding hydrogens is 406 g/mol. The van der Waals surface area contributed by atoms with Gasteiger partial charge in [0.15, 0.2) is 5.82 Å². The van der Waals surface area contributed by atoms with Crippen LogP contribution in [-0.4, -0.2) is 40.8 Å². The summed E-state index contributed by atoms with van der Waals surface area (Å²) in [5, 5.41) is 20.7. The standard InChI is InChI=1S/C23H23N7S/c31-15-21-24-22(30(27-21)18-6-2-1-3-7-18)14-16-10-12-17(13-11-16)19-8-4-5-9-20(19)23-25-28-29-26-23/h4-5,8-13,15,18H,1-3,6-7,14H2,(H,25,26,28,29). The van der Waals surface area contributed by atoms with E-state index in [1.54, 1.807) is 5.37 Å². The summed E-state index contributed by atoms with van der Waals surface area (Å²) in [6, 6.07) is 17.1. The number of aromatic amines is 1. The molecule has 5 rings (SSSR count). The van der Waals surface area contributed by atoms with Crippen molar-refractivity contribution in [2.75, 3.05) is 0 Å². The van der Waals surface area contributed by atoms with Gasteiger partial charge in [-0.25, -0.2) is 9.67 Å². The van der Waals surface area contributed by atoms with Gasteiger partial charge in [0.2, 0.25) is 5.82 Å². The SMILES string of the molecule is S=Cc1nc(Cc2ccc(-c3ccccc3-c3nn[nH]n3)cc2)n(C2CCCCC2)n1. The van der Waals surface area contributed by atoms with Crippen LogP contribution < -0.4 is 0 Å². The predicted molar refractivity (Wildman–Crippen MR) is 123 cm³/mol. The lowest BCUT2D eigenvalue weighted by Crippen LogP contribution is -2.17. The topological polar surface area (TPSA) is 85.2 Å². The molecule has 0 aliphatic heterocycles. The summed E-state index contributed by atoms with van der Waals surface area (Å²) in [4.78, 5) is 4.69. The molecule has 1 fully saturated rings. The van der Waals surface area contributed by atoms with E-state index >= 15 is 0 Å². The highest BCUT2D eigenvalue weighted by molar-refractivity contribution is 7.79. The summed E-state index contributed by atoms with van der Waals surface area (Å²) in [6.07, 6.45) is 6.89. The van der Waals surface area contributed by atoms with E-state index in [-0.39, 0.29) is 0 Å². The fraction of sp³-hybridized carbons (Fsp3) is 0.304. The van der Waals surface area contributed by atoms with Gasteiger partial charge in [-0.2, -0.15) is 10.3 Å². The van der Waals surface area contributed by atoms with Crippen molar-refractivity contribution in [2.24, 2.45) is 0 Å². The smallest absolute Gasteiger partial charge is 0.205 e. The minimum atomic E-state index is 0.432. The highest BCUT2D eigenvalue weighted by Gasteiger charge is 2.21. The van der Waals surface area contributed by atoms with E-state index in [2.05, 4.69) is 60.7 Å². The van der Waals surface area contributed by atoms with Gasteiger partial charge < -0.3 is 0 Å². The van der Waals surface area contributed by atoms with Gasteiger partial charge in [0.1, 0.15) is 5.82 Å². The zero-order chi connectivity index (χ0) is 21.0. The first-order valence-corrected chi connectivity index (χ1v) is 11.1. The number of nitrogens with one attached hydrogen (secondary N) is 1. The maximum absolute atomic E-state index is 5.09. The highest BCUT2D eigenvalue weighted by atomic mass is 32.1. The Hall–Kier alpha value is -3.26. The minimum absolute atomic E-state index is 0.432. The molecule has 2 heterocycles. The van der Waals surface area contributed by atoms with Crippen LogP contribution in [0.1, 0.15) is 55.4 Å². The summed E-state index contributed by atoms with van der Waals surface area (Å²) in [7, 11) is 0. The Kier molecular flexibility index (Phi) is 5.62. The average Bonchev–Trinajstić information content (AvgIpc) is 3.51. The Morgan fingerprint density at radius 3 is 2.48 bits per heavy atom. The van der Waals surface area contributed by atoms with Gasteiger partial charge in [0.05, 0.1) is 6.04 Å². The van der Waals surface area contributed by atoms with Crippen LogP contribution in [0.15, 0.2) is 48.5 Å². The number of rotatable bonds is 6. The molecule has 0 radical (unpaired) electrons. The van der Waals surface area contributed by atoms with Crippen molar-refractivity contribution in [3.05, 3.63) is 65.7 Å². The van der Waals surface area contributed by atoms with Crippen LogP contribution in [0.3, 0.4) is 0 Å². The van der Waals surface area contributed by atoms with Crippen LogP contribution in [0.4, 0.5) is 0 Å². The van der Waals surface area contributed by atoms with Gasteiger partial charge in [-0.3, -0.25) is 0 Å². The van der Waals surface area contributed by atoms with Crippen LogP contribution in [0.2, 0.25) is 0 Å². The first-order chi connectivity index (χ1) is 15.3. The van der Waals surface area contributed by atoms with Crippen molar-refractivity contribution in [1.29, 1.82) is 0 Å². The fourth-order valence-electron chi connectivity index (χ4n) is 4.35. The number of H-pyrrole nitrogens is 1. The lowest BCUT2D eigenvalue weighted by atomic mass is 9.95. The molecule has 1 aliphatic rings. The minimum Gasteiger partial charge on any atom is -0.246 e. The molecule has 0 spiro atoms. The summed E-state index contributed by atoms with van der Waals surface area (Å²) in [5.74, 6) is 2.22. The second-order valence-corrected chi connectivity index (χ2v) is 8.13. The first kappa shape index (κ1) is 19.7. The number of tetrazole rings is 1. The number of hydrogen-bond donors (Lipinski definition) is 1. The predicted octanol–water partition coefficient (Wildman–Crippen LogP) is 4.57. The van der Waals surface area contributed by atoms with E-state index in [0.29, 0.717) is 17.7 Å². The van der Waals surface area contributed by atoms with E-state index < -0.39 is 0 Å². The van der Waals surface area contributed by atoms with Crippen molar-refractivity contribution >= 4 is 17.6 Å². The maximum atomic E-state index is 5.09. The second kappa shape index (κ2) is 8.85. The van der Waals surface area contributed by atoms with Gasteiger partial charge in [-0.1, -0.05) is 80.0 Å². The van der Waals surface area contributed by atoms with E-state index in [0.717, 1.165) is 28.9 Å². The molecule has 7 nitrogen and oxygen atoms in total. The van der Waals surface area contributed by atoms with Gasteiger partial charge >= 0.3 is 0 Å². The average molecular weight is 430 g/mol. The van der Waals surface area contributed by atoms with Crippen LogP contribution >= 0.6 is 12.2 Å². The Balaban J connectivity index is 1.41. The first-order valence-electron chi connectivity index (χ1n) is 10.6. The van der Waals surface area contributed by atoms with Crippen molar-refractivity contribution in [3.8, 4) is 22.5 Å². The third-order valence-corrected chi connectivity index (χ3v) is 6.10. The van der Waals surface area contributed by atoms with Crippen LogP contribution in [0, 0.1) is 0 Å². The maximum Gasteiger partial charge on any atom is 0.205 e. The van der Waals surface area contributed by atoms with E-state index in [4.69, 9.17) is 17.2 Å². The Morgan fingerprint density at radius 2 is 1.77 bits per heavy atom. The Bertz CT molecular complexity index is 1160. The quantitative estimate of drug-likeness (QED) is 0.452. The molecule has 0 amide bonds. The molecule has 2 aromatic heterocycles. The highest BCUT2D eigenvalue weighted by Crippen LogP contribution is 2.31. The summed E-state index contributed by atoms with van der Waals surface area (Å²) in [5.41, 5.74) is 4.33.